The maximum Gasteiger partial charge on any atom is 0.157 e. The van der Waals surface area contributed by atoms with E-state index in [9.17, 15) is 4.79 Å². The normalized spacial score (nSPS) is 42.6. The quantitative estimate of drug-likeness (QED) is 0.353. The van der Waals surface area contributed by atoms with Crippen molar-refractivity contribution in [2.24, 2.45) is 46.3 Å². The van der Waals surface area contributed by atoms with Crippen LogP contribution < -0.4 is 0 Å². The van der Waals surface area contributed by atoms with Crippen molar-refractivity contribution < 1.29 is 14.3 Å². The highest BCUT2D eigenvalue weighted by molar-refractivity contribution is 5.92. The largest absolute Gasteiger partial charge is 0.353 e. The molecule has 0 N–H and O–H groups in total. The molecule has 3 heteroatoms. The van der Waals surface area contributed by atoms with Crippen LogP contribution in [-0.2, 0) is 14.3 Å². The van der Waals surface area contributed by atoms with E-state index < -0.39 is 0 Å². The maximum absolute atomic E-state index is 12.1. The zero-order valence-electron chi connectivity index (χ0n) is 22.9. The van der Waals surface area contributed by atoms with Gasteiger partial charge in [-0.15, -0.1) is 0 Å². The molecule has 2 saturated carbocycles. The summed E-state index contributed by atoms with van der Waals surface area (Å²) in [6, 6.07) is 0. The molecule has 2 unspecified atom stereocenters. The number of fused-ring (bicyclic) bond motifs is 5. The zero-order chi connectivity index (χ0) is 24.6. The second kappa shape index (κ2) is 10.4. The fourth-order valence-electron chi connectivity index (χ4n) is 9.16. The first-order valence-electron chi connectivity index (χ1n) is 15.0. The molecule has 5 rings (SSSR count). The predicted octanol–water partition coefficient (Wildman–Crippen LogP) is 7.90. The van der Waals surface area contributed by atoms with Crippen LogP contribution in [0.4, 0.5) is 0 Å². The van der Waals surface area contributed by atoms with Gasteiger partial charge in [-0.3, -0.25) is 4.79 Å². The molecule has 196 valence electrons. The second-order valence-corrected chi connectivity index (χ2v) is 13.5. The number of ketones is 1. The molecule has 4 aliphatic carbocycles. The van der Waals surface area contributed by atoms with Gasteiger partial charge in [0.15, 0.2) is 12.1 Å². The van der Waals surface area contributed by atoms with E-state index in [2.05, 4.69) is 39.8 Å². The van der Waals surface area contributed by atoms with E-state index in [1.807, 2.05) is 6.08 Å². The van der Waals surface area contributed by atoms with Gasteiger partial charge in [0, 0.05) is 13.0 Å². The highest BCUT2D eigenvalue weighted by atomic mass is 16.7. The first-order valence-corrected chi connectivity index (χ1v) is 15.0. The van der Waals surface area contributed by atoms with Crippen molar-refractivity contribution in [3.8, 4) is 0 Å². The highest BCUT2D eigenvalue weighted by Gasteiger charge is 2.58. The van der Waals surface area contributed by atoms with Crippen molar-refractivity contribution in [1.82, 2.24) is 0 Å². The van der Waals surface area contributed by atoms with Gasteiger partial charge in [0.2, 0.25) is 0 Å². The Labute approximate surface area is 214 Å². The minimum absolute atomic E-state index is 0.0485. The molecule has 0 aromatic heterocycles. The number of hydrogen-bond donors (Lipinski definition) is 0. The van der Waals surface area contributed by atoms with Gasteiger partial charge < -0.3 is 9.47 Å². The Hall–Kier alpha value is -0.930. The summed E-state index contributed by atoms with van der Waals surface area (Å²) in [5, 5.41) is 0. The predicted molar refractivity (Wildman–Crippen MR) is 142 cm³/mol. The van der Waals surface area contributed by atoms with Gasteiger partial charge in [0.1, 0.15) is 0 Å². The third kappa shape index (κ3) is 4.98. The molecular weight excluding hydrogens is 432 g/mol. The highest BCUT2D eigenvalue weighted by Crippen LogP contribution is 2.66. The van der Waals surface area contributed by atoms with Gasteiger partial charge in [-0.25, -0.2) is 0 Å². The van der Waals surface area contributed by atoms with E-state index in [-0.39, 0.29) is 11.7 Å². The summed E-state index contributed by atoms with van der Waals surface area (Å²) in [5.74, 6) is 4.88. The summed E-state index contributed by atoms with van der Waals surface area (Å²) in [4.78, 5) is 12.1. The van der Waals surface area contributed by atoms with E-state index in [1.54, 1.807) is 0 Å². The number of carbonyl (C=O) groups is 1. The molecular formula is C32H50O3. The van der Waals surface area contributed by atoms with Gasteiger partial charge in [-0.2, -0.15) is 0 Å². The fourth-order valence-corrected chi connectivity index (χ4v) is 9.16. The van der Waals surface area contributed by atoms with Crippen LogP contribution in [0.2, 0.25) is 0 Å². The summed E-state index contributed by atoms with van der Waals surface area (Å²) in [7, 11) is 0. The molecule has 9 atom stereocenters. The minimum atomic E-state index is 0.0485. The van der Waals surface area contributed by atoms with Crippen molar-refractivity contribution in [3.63, 3.8) is 0 Å². The van der Waals surface area contributed by atoms with E-state index in [1.165, 1.54) is 63.4 Å². The van der Waals surface area contributed by atoms with Crippen LogP contribution in [0.3, 0.4) is 0 Å². The Bertz CT molecular complexity index is 823. The second-order valence-electron chi connectivity index (χ2n) is 13.5. The van der Waals surface area contributed by atoms with Crippen molar-refractivity contribution >= 4 is 5.78 Å². The lowest BCUT2D eigenvalue weighted by Crippen LogP contribution is -2.49. The Kier molecular flexibility index (Phi) is 7.67. The van der Waals surface area contributed by atoms with Gasteiger partial charge in [-0.1, -0.05) is 52.7 Å². The molecule has 35 heavy (non-hydrogen) atoms. The number of rotatable bonds is 8. The molecule has 1 saturated heterocycles. The van der Waals surface area contributed by atoms with E-state index in [0.717, 1.165) is 56.1 Å². The number of carbonyl (C=O) groups excluding carboxylic acids is 1. The van der Waals surface area contributed by atoms with Crippen LogP contribution in [0, 0.1) is 46.3 Å². The van der Waals surface area contributed by atoms with Crippen LogP contribution >= 0.6 is 0 Å². The summed E-state index contributed by atoms with van der Waals surface area (Å²) in [5.41, 5.74) is 2.04. The lowest BCUT2D eigenvalue weighted by atomic mass is 9.48. The first-order chi connectivity index (χ1) is 16.8. The van der Waals surface area contributed by atoms with Crippen LogP contribution in [0.15, 0.2) is 23.8 Å². The van der Waals surface area contributed by atoms with E-state index in [4.69, 9.17) is 9.47 Å². The summed E-state index contributed by atoms with van der Waals surface area (Å²) in [6.45, 7) is 11.7. The summed E-state index contributed by atoms with van der Waals surface area (Å²) < 4.78 is 11.8. The van der Waals surface area contributed by atoms with Crippen molar-refractivity contribution in [2.45, 2.75) is 111 Å². The maximum atomic E-state index is 12.1. The van der Waals surface area contributed by atoms with Crippen molar-refractivity contribution in [1.29, 1.82) is 0 Å². The third-order valence-corrected chi connectivity index (χ3v) is 11.3. The molecule has 5 aliphatic rings. The minimum Gasteiger partial charge on any atom is -0.353 e. The molecule has 0 bridgehead atoms. The van der Waals surface area contributed by atoms with Crippen molar-refractivity contribution in [3.05, 3.63) is 23.8 Å². The third-order valence-electron chi connectivity index (χ3n) is 11.3. The van der Waals surface area contributed by atoms with E-state index >= 15 is 0 Å². The molecule has 1 aliphatic heterocycles. The molecule has 0 amide bonds. The smallest absolute Gasteiger partial charge is 0.157 e. The number of ether oxygens (including phenoxy) is 2. The average molecular weight is 483 g/mol. The lowest BCUT2D eigenvalue weighted by Gasteiger charge is -2.56. The Morgan fingerprint density at radius 2 is 1.91 bits per heavy atom. The number of allylic oxidation sites excluding steroid dienone is 4. The van der Waals surface area contributed by atoms with E-state index in [0.29, 0.717) is 23.0 Å². The summed E-state index contributed by atoms with van der Waals surface area (Å²) in [6.07, 6.45) is 21.7. The average Bonchev–Trinajstić information content (AvgIpc) is 3.21. The topological polar surface area (TPSA) is 35.5 Å². The van der Waals surface area contributed by atoms with Gasteiger partial charge in [0.25, 0.3) is 0 Å². The van der Waals surface area contributed by atoms with Gasteiger partial charge >= 0.3 is 0 Å². The standard InChI is InChI=1S/C32H50O3/c1-22(21-35-30-10-5-6-19-34-30)8-7-9-23(2)27-13-14-28-26-12-11-24-20-25(33)15-17-31(24,3)29(26)16-18-32(27,28)4/h11-12,20,22-23,26-30H,5-10,13-19,21H2,1-4H3/t22?,23-,26+,27-,28+,29+,30?,31+,32-/m1/s1. The Morgan fingerprint density at radius 3 is 2.71 bits per heavy atom. The van der Waals surface area contributed by atoms with Crippen LogP contribution in [-0.4, -0.2) is 25.3 Å². The molecule has 3 nitrogen and oxygen atoms in total. The number of hydrogen-bond acceptors (Lipinski definition) is 3. The zero-order valence-corrected chi connectivity index (χ0v) is 22.9. The molecule has 0 radical (unpaired) electrons. The fraction of sp³-hybridized carbons (Fsp3) is 0.844. The first kappa shape index (κ1) is 25.7. The van der Waals surface area contributed by atoms with Crippen LogP contribution in [0.25, 0.3) is 0 Å². The molecule has 1 heterocycles. The van der Waals surface area contributed by atoms with Crippen molar-refractivity contribution in [2.75, 3.05) is 13.2 Å². The Balaban J connectivity index is 1.15. The molecule has 0 aromatic rings. The summed E-state index contributed by atoms with van der Waals surface area (Å²) >= 11 is 0. The molecule has 0 spiro atoms. The Morgan fingerprint density at radius 1 is 1.06 bits per heavy atom. The molecule has 3 fully saturated rings. The SMILES string of the molecule is CC(CCC[C@@H](C)[C@H]1CC[C@H]2[C@@H]3C=CC4=CC(=O)CC[C@]4(C)[C@H]3CC[C@]12C)COC1CCCCO1. The monoisotopic (exact) mass is 482 g/mol. The van der Waals surface area contributed by atoms with Crippen LogP contribution in [0.5, 0.6) is 0 Å². The molecule has 0 aromatic carbocycles. The van der Waals surface area contributed by atoms with Crippen LogP contribution in [0.1, 0.15) is 105 Å². The van der Waals surface area contributed by atoms with Gasteiger partial charge in [0.05, 0.1) is 6.61 Å². The van der Waals surface area contributed by atoms with Gasteiger partial charge in [-0.05, 0) is 116 Å². The lowest BCUT2D eigenvalue weighted by molar-refractivity contribution is -0.168.